The van der Waals surface area contributed by atoms with Gasteiger partial charge in [-0.05, 0) is 0 Å². The third-order valence-corrected chi connectivity index (χ3v) is 0.556. The molecule has 1 atom stereocenters. The summed E-state index contributed by atoms with van der Waals surface area (Å²) in [5, 5.41) is 0. The molecule has 0 bridgehead atoms. The van der Waals surface area contributed by atoms with Gasteiger partial charge in [-0.25, -0.2) is 12.1 Å². The molecule has 0 aliphatic rings. The molecule has 0 heterocycles. The summed E-state index contributed by atoms with van der Waals surface area (Å²) < 4.78 is 0. The van der Waals surface area contributed by atoms with Gasteiger partial charge in [-0.2, -0.15) is 28.1 Å². The van der Waals surface area contributed by atoms with Crippen LogP contribution < -0.4 is 0 Å². The van der Waals surface area contributed by atoms with Gasteiger partial charge in [0.2, 0.25) is 0 Å². The zero-order chi connectivity index (χ0) is 3.54. The molecule has 0 fully saturated rings. The van der Waals surface area contributed by atoms with Crippen molar-refractivity contribution in [3.63, 3.8) is 0 Å². The molecule has 0 saturated carbocycles. The fraction of sp³-hybridized carbons (Fsp3) is 0. The summed E-state index contributed by atoms with van der Waals surface area (Å²) in [6.45, 7) is 0. The van der Waals surface area contributed by atoms with Crippen LogP contribution >= 0.6 is 9.90 Å². The van der Waals surface area contributed by atoms with E-state index in [1.807, 2.05) is 30.3 Å². The van der Waals surface area contributed by atoms with Crippen LogP contribution in [-0.4, -0.2) is 0 Å². The third kappa shape index (κ3) is 4.15. The Morgan fingerprint density at radius 2 is 1.43 bits per heavy atom. The van der Waals surface area contributed by atoms with Crippen LogP contribution in [-0.2, 0) is 17.1 Å². The summed E-state index contributed by atoms with van der Waals surface area (Å²) in [6, 6.07) is 10.0. The van der Waals surface area contributed by atoms with Crippen molar-refractivity contribution in [2.24, 2.45) is 0 Å². The van der Waals surface area contributed by atoms with Crippen molar-refractivity contribution < 1.29 is 17.1 Å². The zero-order valence-electron chi connectivity index (χ0n) is 3.90. The molecule has 0 aliphatic carbocycles. The summed E-state index contributed by atoms with van der Waals surface area (Å²) in [7, 11) is 0. The predicted molar refractivity (Wildman–Crippen MR) is 33.1 cm³/mol. The van der Waals surface area contributed by atoms with Crippen molar-refractivity contribution >= 4 is 9.90 Å². The molecule has 1 rings (SSSR count). The monoisotopic (exact) mass is 162 g/mol. The second-order valence-electron chi connectivity index (χ2n) is 0.962. The molecule has 0 nitrogen and oxygen atoms in total. The van der Waals surface area contributed by atoms with Gasteiger partial charge in [0.1, 0.15) is 0 Å². The van der Waals surface area contributed by atoms with E-state index in [0.29, 0.717) is 0 Å². The Bertz CT molecular complexity index is 64.6. The van der Waals surface area contributed by atoms with Gasteiger partial charge in [0.05, 0.1) is 0 Å². The van der Waals surface area contributed by atoms with E-state index in [2.05, 4.69) is 0 Å². The molecule has 1 aromatic carbocycles. The SMILES string of the molecule is P.[Cu+].c1cc[cH-]c1. The summed E-state index contributed by atoms with van der Waals surface area (Å²) in [5.41, 5.74) is 0. The second-order valence-corrected chi connectivity index (χ2v) is 0.962. The minimum absolute atomic E-state index is 0. The fourth-order valence-electron chi connectivity index (χ4n) is 0.321. The van der Waals surface area contributed by atoms with E-state index in [0.717, 1.165) is 0 Å². The first-order chi connectivity index (χ1) is 2.50. The maximum atomic E-state index is 2.00. The van der Waals surface area contributed by atoms with Crippen molar-refractivity contribution in [1.82, 2.24) is 0 Å². The summed E-state index contributed by atoms with van der Waals surface area (Å²) in [6.07, 6.45) is 0. The van der Waals surface area contributed by atoms with E-state index in [1.165, 1.54) is 0 Å². The fourth-order valence-corrected chi connectivity index (χ4v) is 0.321. The minimum atomic E-state index is 0. The van der Waals surface area contributed by atoms with Crippen molar-refractivity contribution in [3.05, 3.63) is 30.3 Å². The van der Waals surface area contributed by atoms with E-state index in [1.54, 1.807) is 0 Å². The van der Waals surface area contributed by atoms with Gasteiger partial charge >= 0.3 is 17.1 Å². The Balaban J connectivity index is 0. The van der Waals surface area contributed by atoms with Crippen LogP contribution in [0.25, 0.3) is 0 Å². The molecule has 0 amide bonds. The number of hydrogen-bond donors (Lipinski definition) is 0. The Labute approximate surface area is 57.8 Å². The molecule has 1 aromatic rings. The molecular formula is C5H8CuP. The molecule has 44 valence electrons. The van der Waals surface area contributed by atoms with Crippen LogP contribution in [0.4, 0.5) is 0 Å². The van der Waals surface area contributed by atoms with Crippen LogP contribution in [0.15, 0.2) is 30.3 Å². The smallest absolute Gasteiger partial charge is 0.214 e. The molecule has 0 saturated heterocycles. The second kappa shape index (κ2) is 6.30. The van der Waals surface area contributed by atoms with Crippen molar-refractivity contribution in [2.45, 2.75) is 0 Å². The third-order valence-electron chi connectivity index (χ3n) is 0.556. The van der Waals surface area contributed by atoms with Gasteiger partial charge in [-0.1, -0.05) is 0 Å². The first-order valence-electron chi connectivity index (χ1n) is 1.67. The van der Waals surface area contributed by atoms with Crippen molar-refractivity contribution in [2.75, 3.05) is 0 Å². The average Bonchev–Trinajstić information content (AvgIpc) is 1.76. The summed E-state index contributed by atoms with van der Waals surface area (Å²) in [4.78, 5) is 0. The van der Waals surface area contributed by atoms with Gasteiger partial charge in [-0.15, -0.1) is 0 Å². The van der Waals surface area contributed by atoms with Gasteiger partial charge < -0.3 is 0 Å². The van der Waals surface area contributed by atoms with Crippen LogP contribution in [0.5, 0.6) is 0 Å². The Kier molecular flexibility index (Phi) is 9.28. The Morgan fingerprint density at radius 3 is 1.57 bits per heavy atom. The van der Waals surface area contributed by atoms with Gasteiger partial charge in [-0.3, -0.25) is 0 Å². The van der Waals surface area contributed by atoms with E-state index < -0.39 is 0 Å². The first-order valence-corrected chi connectivity index (χ1v) is 1.67. The molecule has 7 heavy (non-hydrogen) atoms. The Morgan fingerprint density at radius 1 is 1.00 bits per heavy atom. The topological polar surface area (TPSA) is 0 Å². The molecular weight excluding hydrogens is 155 g/mol. The van der Waals surface area contributed by atoms with Gasteiger partial charge in [0, 0.05) is 0 Å². The minimum Gasteiger partial charge on any atom is -0.214 e. The normalized spacial score (nSPS) is 5.71. The quantitative estimate of drug-likeness (QED) is 0.308. The van der Waals surface area contributed by atoms with E-state index in [9.17, 15) is 0 Å². The summed E-state index contributed by atoms with van der Waals surface area (Å²) >= 11 is 0. The predicted octanol–water partition coefficient (Wildman–Crippen LogP) is 1.46. The van der Waals surface area contributed by atoms with Crippen LogP contribution in [0.3, 0.4) is 0 Å². The van der Waals surface area contributed by atoms with Gasteiger partial charge in [0.25, 0.3) is 0 Å². The zero-order valence-corrected chi connectivity index (χ0v) is 6.25. The van der Waals surface area contributed by atoms with Crippen molar-refractivity contribution in [1.29, 1.82) is 0 Å². The number of hydrogen-bond acceptors (Lipinski definition) is 0. The number of rotatable bonds is 0. The first kappa shape index (κ1) is 10.3. The Hall–Kier alpha value is 0.299. The van der Waals surface area contributed by atoms with E-state index >= 15 is 0 Å². The largest absolute Gasteiger partial charge is 1.00 e. The van der Waals surface area contributed by atoms with E-state index in [4.69, 9.17) is 0 Å². The molecule has 0 radical (unpaired) electrons. The molecule has 0 aliphatic heterocycles. The van der Waals surface area contributed by atoms with Crippen LogP contribution in [0.2, 0.25) is 0 Å². The average molecular weight is 163 g/mol. The molecule has 1 unspecified atom stereocenters. The van der Waals surface area contributed by atoms with Gasteiger partial charge in [0.15, 0.2) is 0 Å². The summed E-state index contributed by atoms with van der Waals surface area (Å²) in [5.74, 6) is 0. The maximum Gasteiger partial charge on any atom is 1.00 e. The molecule has 0 N–H and O–H groups in total. The van der Waals surface area contributed by atoms with Crippen molar-refractivity contribution in [3.8, 4) is 0 Å². The maximum absolute atomic E-state index is 2.00. The standard InChI is InChI=1S/C5H5.Cu.H3P/c1-2-4-5-3-1;;/h1-5H;;1H3/q-1;+1;. The molecule has 0 spiro atoms. The molecule has 2 heteroatoms. The van der Waals surface area contributed by atoms with E-state index in [-0.39, 0.29) is 27.0 Å². The van der Waals surface area contributed by atoms with Crippen LogP contribution in [0.1, 0.15) is 0 Å². The van der Waals surface area contributed by atoms with Crippen LogP contribution in [0, 0.1) is 0 Å². The molecule has 0 aromatic heterocycles.